The number of rotatable bonds is 3. The smallest absolute Gasteiger partial charge is 0.110 e. The van der Waals surface area contributed by atoms with E-state index in [9.17, 15) is 5.11 Å². The summed E-state index contributed by atoms with van der Waals surface area (Å²) < 4.78 is 2.26. The van der Waals surface area contributed by atoms with E-state index in [0.29, 0.717) is 6.04 Å². The molecule has 1 aromatic rings. The van der Waals surface area contributed by atoms with Crippen molar-refractivity contribution in [1.82, 2.24) is 14.5 Å². The van der Waals surface area contributed by atoms with Gasteiger partial charge in [0, 0.05) is 19.0 Å². The fourth-order valence-electron chi connectivity index (χ4n) is 3.62. The number of hydrogen-bond acceptors (Lipinski definition) is 3. The van der Waals surface area contributed by atoms with E-state index < -0.39 is 0 Å². The first-order chi connectivity index (χ1) is 9.29. The Hall–Kier alpha value is -0.870. The van der Waals surface area contributed by atoms with E-state index in [1.807, 2.05) is 6.20 Å². The molecule has 1 saturated heterocycles. The molecule has 3 heterocycles. The van der Waals surface area contributed by atoms with Crippen LogP contribution < -0.4 is 0 Å². The number of aliphatic hydroxyl groups is 1. The van der Waals surface area contributed by atoms with Gasteiger partial charge in [0.2, 0.25) is 0 Å². The van der Waals surface area contributed by atoms with Gasteiger partial charge >= 0.3 is 0 Å². The number of imidazole rings is 1. The lowest BCUT2D eigenvalue weighted by Crippen LogP contribution is -2.41. The minimum atomic E-state index is -0.302. The van der Waals surface area contributed by atoms with E-state index in [-0.39, 0.29) is 6.10 Å². The maximum Gasteiger partial charge on any atom is 0.110 e. The summed E-state index contributed by atoms with van der Waals surface area (Å²) in [6, 6.07) is 0.643. The normalized spacial score (nSPS) is 28.3. The minimum Gasteiger partial charge on any atom is -0.387 e. The second-order valence-electron chi connectivity index (χ2n) is 5.89. The van der Waals surface area contributed by atoms with Crippen LogP contribution >= 0.6 is 0 Å². The number of fused-ring (bicyclic) bond motifs is 1. The highest BCUT2D eigenvalue weighted by Crippen LogP contribution is 2.27. The Kier molecular flexibility index (Phi) is 3.89. The highest BCUT2D eigenvalue weighted by molar-refractivity contribution is 5.12. The molecule has 3 rings (SSSR count). The Morgan fingerprint density at radius 2 is 2.16 bits per heavy atom. The summed E-state index contributed by atoms with van der Waals surface area (Å²) in [6.07, 6.45) is 8.55. The summed E-state index contributed by atoms with van der Waals surface area (Å²) in [6.45, 7) is 5.65. The lowest BCUT2D eigenvalue weighted by molar-refractivity contribution is 0.134. The molecule has 0 amide bonds. The Bertz CT molecular complexity index is 429. The summed E-state index contributed by atoms with van der Waals surface area (Å²) in [7, 11) is 0. The SMILES string of the molecule is CCN1CCCCC1Cc1ncc2n1CCCC2O. The highest BCUT2D eigenvalue weighted by Gasteiger charge is 2.26. The Balaban J connectivity index is 1.76. The fraction of sp³-hybridized carbons (Fsp3) is 0.800. The molecule has 0 bridgehead atoms. The third-order valence-corrected chi connectivity index (χ3v) is 4.74. The van der Waals surface area contributed by atoms with Crippen LogP contribution in [-0.2, 0) is 13.0 Å². The molecule has 2 aliphatic rings. The molecule has 0 aromatic carbocycles. The third-order valence-electron chi connectivity index (χ3n) is 4.74. The van der Waals surface area contributed by atoms with Crippen molar-refractivity contribution in [3.8, 4) is 0 Å². The van der Waals surface area contributed by atoms with Crippen LogP contribution in [-0.4, -0.2) is 38.7 Å². The molecule has 4 heteroatoms. The zero-order valence-electron chi connectivity index (χ0n) is 11.9. The van der Waals surface area contributed by atoms with Crippen LogP contribution in [0.3, 0.4) is 0 Å². The van der Waals surface area contributed by atoms with E-state index in [2.05, 4.69) is 21.4 Å². The number of piperidine rings is 1. The number of aromatic nitrogens is 2. The van der Waals surface area contributed by atoms with Crippen molar-refractivity contribution in [2.24, 2.45) is 0 Å². The molecule has 2 unspecified atom stereocenters. The van der Waals surface area contributed by atoms with Crippen molar-refractivity contribution in [1.29, 1.82) is 0 Å². The van der Waals surface area contributed by atoms with Gasteiger partial charge < -0.3 is 14.6 Å². The van der Waals surface area contributed by atoms with E-state index in [1.54, 1.807) is 0 Å². The van der Waals surface area contributed by atoms with Gasteiger partial charge in [-0.25, -0.2) is 4.98 Å². The van der Waals surface area contributed by atoms with Gasteiger partial charge in [0.25, 0.3) is 0 Å². The molecule has 1 aromatic heterocycles. The first-order valence-electron chi connectivity index (χ1n) is 7.76. The topological polar surface area (TPSA) is 41.3 Å². The maximum atomic E-state index is 10.0. The molecule has 0 aliphatic carbocycles. The van der Waals surface area contributed by atoms with E-state index in [4.69, 9.17) is 0 Å². The van der Waals surface area contributed by atoms with Crippen LogP contribution in [0.1, 0.15) is 56.7 Å². The van der Waals surface area contributed by atoms with Crippen molar-refractivity contribution < 1.29 is 5.11 Å². The lowest BCUT2D eigenvalue weighted by atomic mass is 9.99. The van der Waals surface area contributed by atoms with Crippen molar-refractivity contribution in [3.05, 3.63) is 17.7 Å². The fourth-order valence-corrected chi connectivity index (χ4v) is 3.62. The summed E-state index contributed by atoms with van der Waals surface area (Å²) in [4.78, 5) is 7.18. The number of hydrogen-bond donors (Lipinski definition) is 1. The number of nitrogens with zero attached hydrogens (tertiary/aromatic N) is 3. The van der Waals surface area contributed by atoms with Crippen LogP contribution in [0.4, 0.5) is 0 Å². The van der Waals surface area contributed by atoms with Gasteiger partial charge in [0.05, 0.1) is 18.0 Å². The number of aliphatic hydroxyl groups excluding tert-OH is 1. The van der Waals surface area contributed by atoms with Crippen LogP contribution in [0.15, 0.2) is 6.20 Å². The predicted molar refractivity (Wildman–Crippen MR) is 75.0 cm³/mol. The van der Waals surface area contributed by atoms with Gasteiger partial charge in [0.1, 0.15) is 5.82 Å². The molecule has 0 spiro atoms. The molecule has 19 heavy (non-hydrogen) atoms. The van der Waals surface area contributed by atoms with Crippen LogP contribution in [0.2, 0.25) is 0 Å². The number of likely N-dealkylation sites (tertiary alicyclic amines) is 1. The van der Waals surface area contributed by atoms with E-state index in [1.165, 1.54) is 31.6 Å². The highest BCUT2D eigenvalue weighted by atomic mass is 16.3. The Labute approximate surface area is 115 Å². The molecule has 0 radical (unpaired) electrons. The average molecular weight is 263 g/mol. The molecule has 1 fully saturated rings. The van der Waals surface area contributed by atoms with Gasteiger partial charge in [-0.15, -0.1) is 0 Å². The predicted octanol–water partition coefficient (Wildman–Crippen LogP) is 2.13. The van der Waals surface area contributed by atoms with Gasteiger partial charge in [-0.3, -0.25) is 0 Å². The second kappa shape index (κ2) is 5.63. The molecule has 2 aliphatic heterocycles. The number of likely N-dealkylation sites (N-methyl/N-ethyl adjacent to an activating group) is 1. The van der Waals surface area contributed by atoms with E-state index >= 15 is 0 Å². The molecule has 1 N–H and O–H groups in total. The van der Waals surface area contributed by atoms with Gasteiger partial charge in [-0.05, 0) is 38.8 Å². The molecule has 106 valence electrons. The largest absolute Gasteiger partial charge is 0.387 e. The van der Waals surface area contributed by atoms with Crippen LogP contribution in [0, 0.1) is 0 Å². The standard InChI is InChI=1S/C15H25N3O/c1-2-17-8-4-3-6-12(17)10-15-16-11-13-14(19)7-5-9-18(13)15/h11-12,14,19H,2-10H2,1H3. The zero-order valence-corrected chi connectivity index (χ0v) is 11.9. The lowest BCUT2D eigenvalue weighted by Gasteiger charge is -2.35. The van der Waals surface area contributed by atoms with Crippen molar-refractivity contribution in [2.75, 3.05) is 13.1 Å². The second-order valence-corrected chi connectivity index (χ2v) is 5.89. The summed E-state index contributed by atoms with van der Waals surface area (Å²) in [5.41, 5.74) is 1.03. The molecular formula is C15H25N3O. The minimum absolute atomic E-state index is 0.302. The molecular weight excluding hydrogens is 238 g/mol. The molecule has 0 saturated carbocycles. The summed E-state index contributed by atoms with van der Waals surface area (Å²) >= 11 is 0. The van der Waals surface area contributed by atoms with Crippen LogP contribution in [0.5, 0.6) is 0 Å². The summed E-state index contributed by atoms with van der Waals surface area (Å²) in [5.74, 6) is 1.18. The first kappa shape index (κ1) is 13.1. The van der Waals surface area contributed by atoms with Gasteiger partial charge in [-0.1, -0.05) is 13.3 Å². The Morgan fingerprint density at radius 1 is 1.26 bits per heavy atom. The van der Waals surface area contributed by atoms with Gasteiger partial charge in [0.15, 0.2) is 0 Å². The average Bonchev–Trinajstić information content (AvgIpc) is 2.84. The third kappa shape index (κ3) is 2.56. The Morgan fingerprint density at radius 3 is 3.00 bits per heavy atom. The maximum absolute atomic E-state index is 10.0. The molecule has 4 nitrogen and oxygen atoms in total. The first-order valence-corrected chi connectivity index (χ1v) is 7.76. The quantitative estimate of drug-likeness (QED) is 0.908. The van der Waals surface area contributed by atoms with Crippen molar-refractivity contribution in [2.45, 2.75) is 64.1 Å². The van der Waals surface area contributed by atoms with E-state index in [0.717, 1.165) is 38.0 Å². The van der Waals surface area contributed by atoms with Crippen LogP contribution in [0.25, 0.3) is 0 Å². The monoisotopic (exact) mass is 263 g/mol. The van der Waals surface area contributed by atoms with Gasteiger partial charge in [-0.2, -0.15) is 0 Å². The molecule has 2 atom stereocenters. The van der Waals surface area contributed by atoms with Crippen molar-refractivity contribution >= 4 is 0 Å². The summed E-state index contributed by atoms with van der Waals surface area (Å²) in [5, 5.41) is 10.0. The van der Waals surface area contributed by atoms with Crippen molar-refractivity contribution in [3.63, 3.8) is 0 Å². The zero-order chi connectivity index (χ0) is 13.2.